The highest BCUT2D eigenvalue weighted by Crippen LogP contribution is 2.27. The highest BCUT2D eigenvalue weighted by Gasteiger charge is 2.20. The molecule has 0 amide bonds. The molecule has 0 heterocycles. The highest BCUT2D eigenvalue weighted by atomic mass is 79.9. The van der Waals surface area contributed by atoms with Gasteiger partial charge in [-0.3, -0.25) is 0 Å². The Bertz CT molecular complexity index is 1020. The van der Waals surface area contributed by atoms with Gasteiger partial charge in [0, 0.05) is 25.7 Å². The van der Waals surface area contributed by atoms with Crippen LogP contribution >= 0.6 is 15.9 Å². The van der Waals surface area contributed by atoms with E-state index in [9.17, 15) is 4.79 Å². The van der Waals surface area contributed by atoms with Gasteiger partial charge in [-0.2, -0.15) is 0 Å². The number of nitrogens with zero attached hydrogens (tertiary/aromatic N) is 1. The predicted octanol–water partition coefficient (Wildman–Crippen LogP) is 6.77. The van der Waals surface area contributed by atoms with Crippen LogP contribution < -0.4 is 21.6 Å². The lowest BCUT2D eigenvalue weighted by Gasteiger charge is -2.29. The summed E-state index contributed by atoms with van der Waals surface area (Å²) in [5.74, 6) is 9.22. The van der Waals surface area contributed by atoms with Crippen LogP contribution in [0.4, 0.5) is 0 Å². The van der Waals surface area contributed by atoms with E-state index in [1.54, 1.807) is 18.0 Å². The van der Waals surface area contributed by atoms with Gasteiger partial charge in [0.1, 0.15) is 18.6 Å². The Morgan fingerprint density at radius 2 is 1.79 bits per heavy atom. The lowest BCUT2D eigenvalue weighted by Crippen LogP contribution is -2.39. The number of hydrazine groups is 1. The third kappa shape index (κ3) is 17.8. The lowest BCUT2D eigenvalue weighted by molar-refractivity contribution is -0.107. The molecule has 1 aromatic carbocycles. The summed E-state index contributed by atoms with van der Waals surface area (Å²) in [5.41, 5.74) is 11.0. The minimum Gasteiger partial charge on any atom is -0.489 e. The number of benzene rings is 1. The number of hydrogen-bond acceptors (Lipinski definition) is 6. The second-order valence-electron chi connectivity index (χ2n) is 9.74. The Labute approximate surface area is 246 Å². The first-order valence-electron chi connectivity index (χ1n) is 12.8. The fraction of sp³-hybridized carbons (Fsp3) is 0.406. The topological polar surface area (TPSA) is 93.6 Å². The molecule has 1 aliphatic rings. The van der Waals surface area contributed by atoms with Crippen molar-refractivity contribution in [3.8, 4) is 18.1 Å². The van der Waals surface area contributed by atoms with Gasteiger partial charge in [-0.1, -0.05) is 57.2 Å². The summed E-state index contributed by atoms with van der Waals surface area (Å²) in [6.45, 7) is 18.7. The quantitative estimate of drug-likeness (QED) is 0.100. The van der Waals surface area contributed by atoms with Gasteiger partial charge in [-0.05, 0) is 78.7 Å². The average Bonchev–Trinajstić information content (AvgIpc) is 3.02. The highest BCUT2D eigenvalue weighted by molar-refractivity contribution is 9.12. The molecule has 0 radical (unpaired) electrons. The Morgan fingerprint density at radius 3 is 2.23 bits per heavy atom. The van der Waals surface area contributed by atoms with Crippen LogP contribution in [0, 0.1) is 17.8 Å². The lowest BCUT2D eigenvalue weighted by atomic mass is 9.96. The van der Waals surface area contributed by atoms with E-state index >= 15 is 0 Å². The molecular weight excluding hydrogens is 552 g/mol. The van der Waals surface area contributed by atoms with Crippen LogP contribution in [0.2, 0.25) is 0 Å². The monoisotopic (exact) mass is 600 g/mol. The van der Waals surface area contributed by atoms with Gasteiger partial charge in [-0.15, -0.1) is 18.9 Å². The van der Waals surface area contributed by atoms with E-state index in [1.807, 2.05) is 64.2 Å². The van der Waals surface area contributed by atoms with Crippen LogP contribution in [0.3, 0.4) is 0 Å². The molecule has 0 saturated heterocycles. The van der Waals surface area contributed by atoms with E-state index in [2.05, 4.69) is 67.0 Å². The summed E-state index contributed by atoms with van der Waals surface area (Å²) in [7, 11) is 1.88. The summed E-state index contributed by atoms with van der Waals surface area (Å²) < 4.78 is 6.39. The molecule has 216 valence electrons. The normalized spacial score (nSPS) is 12.7. The van der Waals surface area contributed by atoms with Gasteiger partial charge < -0.3 is 25.6 Å². The molecule has 6 nitrogen and oxygen atoms in total. The maximum atomic E-state index is 10.3. The first kappa shape index (κ1) is 37.9. The summed E-state index contributed by atoms with van der Waals surface area (Å²) in [4.78, 5) is 10.3. The van der Waals surface area contributed by atoms with Crippen molar-refractivity contribution in [1.82, 2.24) is 10.3 Å². The largest absolute Gasteiger partial charge is 0.489 e. The number of halogens is 1. The van der Waals surface area contributed by atoms with Crippen LogP contribution in [-0.4, -0.2) is 31.5 Å². The van der Waals surface area contributed by atoms with E-state index in [4.69, 9.17) is 16.3 Å². The number of carbonyl (C=O) groups is 1. The van der Waals surface area contributed by atoms with E-state index < -0.39 is 0 Å². The number of hydrogen-bond donors (Lipinski definition) is 3. The van der Waals surface area contributed by atoms with Crippen molar-refractivity contribution in [2.75, 3.05) is 20.2 Å². The molecule has 0 unspecified atom stereocenters. The van der Waals surface area contributed by atoms with Crippen molar-refractivity contribution < 1.29 is 9.53 Å². The number of nitrogens with two attached hydrogens (primary N) is 2. The first-order valence-corrected chi connectivity index (χ1v) is 13.6. The molecule has 0 spiro atoms. The van der Waals surface area contributed by atoms with Crippen molar-refractivity contribution in [2.24, 2.45) is 17.0 Å². The second kappa shape index (κ2) is 21.7. The van der Waals surface area contributed by atoms with Crippen LogP contribution in [0.1, 0.15) is 60.5 Å². The van der Waals surface area contributed by atoms with Crippen molar-refractivity contribution in [2.45, 2.75) is 61.3 Å². The number of terminal acetylenes is 1. The van der Waals surface area contributed by atoms with Crippen molar-refractivity contribution in [1.29, 1.82) is 0 Å². The molecule has 0 aliphatic heterocycles. The van der Waals surface area contributed by atoms with Gasteiger partial charge in [0.25, 0.3) is 0 Å². The molecule has 0 fully saturated rings. The first-order chi connectivity index (χ1) is 18.3. The molecule has 0 atom stereocenters. The van der Waals surface area contributed by atoms with E-state index in [1.165, 1.54) is 5.57 Å². The van der Waals surface area contributed by atoms with Gasteiger partial charge in [-0.25, -0.2) is 5.84 Å². The van der Waals surface area contributed by atoms with E-state index in [0.29, 0.717) is 18.7 Å². The fourth-order valence-corrected chi connectivity index (χ4v) is 3.49. The van der Waals surface area contributed by atoms with Gasteiger partial charge in [0.05, 0.1) is 15.9 Å². The Hall–Kier alpha value is -3.21. The molecule has 0 bridgehead atoms. The zero-order valence-electron chi connectivity index (χ0n) is 25.1. The Balaban J connectivity index is 0. The number of nitrogens with one attached hydrogen (secondary N) is 1. The summed E-state index contributed by atoms with van der Waals surface area (Å²) in [6, 6.07) is 7.60. The maximum Gasteiger partial charge on any atom is 0.124 e. The van der Waals surface area contributed by atoms with E-state index in [0.717, 1.165) is 46.4 Å². The zero-order valence-corrected chi connectivity index (χ0v) is 26.7. The molecule has 5 N–H and O–H groups in total. The molecule has 39 heavy (non-hydrogen) atoms. The molecule has 7 heteroatoms. The Morgan fingerprint density at radius 1 is 1.26 bits per heavy atom. The van der Waals surface area contributed by atoms with Crippen LogP contribution in [0.25, 0.3) is 0 Å². The van der Waals surface area contributed by atoms with E-state index in [-0.39, 0.29) is 5.41 Å². The minimum atomic E-state index is 0.119. The Kier molecular flexibility index (Phi) is 21.1. The standard InChI is InChI=1S/C13H23BrN4.C13H16O2.C3H6.C3H4/c1-13(2,3)8-18(16)10-7-5-6-9(17-4)11(14)12(10)15;1-3-11(2)10-15-13-6-4-12(5-7-13)8-9-14;2*1-3-2/h6-7,17H,5,8,15-16H2,1-4H3;3-7,9H,8,10H2,1-2H3;3H,1H2,2H3;1H,2H3/b;11-3+;;. The van der Waals surface area contributed by atoms with Gasteiger partial charge >= 0.3 is 0 Å². The molecule has 1 aromatic rings. The zero-order chi connectivity index (χ0) is 30.4. The third-order valence-corrected chi connectivity index (χ3v) is 5.66. The average molecular weight is 602 g/mol. The summed E-state index contributed by atoms with van der Waals surface area (Å²) in [5, 5.41) is 4.84. The number of rotatable bonds is 8. The molecule has 2 rings (SSSR count). The molecule has 0 aromatic heterocycles. The number of likely N-dealkylation sites (N-methyl/N-ethyl adjacent to an activating group) is 1. The van der Waals surface area contributed by atoms with Crippen molar-refractivity contribution >= 4 is 22.2 Å². The van der Waals surface area contributed by atoms with Gasteiger partial charge in [0.2, 0.25) is 0 Å². The van der Waals surface area contributed by atoms with Crippen molar-refractivity contribution in [3.63, 3.8) is 0 Å². The minimum absolute atomic E-state index is 0.119. The number of ether oxygens (including phenoxy) is 1. The SMILES string of the molecule is C#CC.C/C=C(\C)COc1ccc(CC=O)cc1.C=CC.CNC1=CCC=C(N(N)CC(C)(C)C)C(N)=C1Br. The molecule has 1 aliphatic carbocycles. The predicted molar refractivity (Wildman–Crippen MR) is 172 cm³/mol. The number of aldehydes is 1. The number of allylic oxidation sites excluding steroid dienone is 5. The molecular formula is C32H49BrN4O2. The number of carbonyl (C=O) groups excluding carboxylic acids is 1. The van der Waals surface area contributed by atoms with Crippen LogP contribution in [0.5, 0.6) is 5.75 Å². The summed E-state index contributed by atoms with van der Waals surface area (Å²) >= 11 is 3.52. The van der Waals surface area contributed by atoms with Crippen LogP contribution in [0.15, 0.2) is 82.3 Å². The molecule has 0 saturated carbocycles. The van der Waals surface area contributed by atoms with Crippen LogP contribution in [-0.2, 0) is 11.2 Å². The third-order valence-electron chi connectivity index (χ3n) is 4.81. The smallest absolute Gasteiger partial charge is 0.124 e. The maximum absolute atomic E-state index is 10.3. The summed E-state index contributed by atoms with van der Waals surface area (Å²) in [6.07, 6.45) is 14.7. The fourth-order valence-electron chi connectivity index (χ4n) is 2.92. The van der Waals surface area contributed by atoms with Crippen molar-refractivity contribution in [3.05, 3.63) is 87.9 Å². The second-order valence-corrected chi connectivity index (χ2v) is 10.5. The van der Waals surface area contributed by atoms with Gasteiger partial charge in [0.15, 0.2) is 0 Å².